The molecule has 1 spiro atoms. The number of carbonyl (C=O) groups is 3. The minimum atomic E-state index is -0.724. The van der Waals surface area contributed by atoms with Crippen LogP contribution in [0.4, 0.5) is 0 Å². The van der Waals surface area contributed by atoms with Crippen molar-refractivity contribution in [1.82, 2.24) is 9.80 Å². The lowest BCUT2D eigenvalue weighted by molar-refractivity contribution is -0.155. The van der Waals surface area contributed by atoms with Crippen LogP contribution in [-0.4, -0.2) is 81.1 Å². The number of amides is 2. The van der Waals surface area contributed by atoms with E-state index < -0.39 is 28.7 Å². The summed E-state index contributed by atoms with van der Waals surface area (Å²) in [6.45, 7) is 16.9. The highest BCUT2D eigenvalue weighted by Crippen LogP contribution is 2.69. The first kappa shape index (κ1) is 29.8. The third kappa shape index (κ3) is 5.51. The molecular formula is C29H46N2O5S. The second-order valence-electron chi connectivity index (χ2n) is 11.3. The van der Waals surface area contributed by atoms with Crippen LogP contribution in [0.2, 0.25) is 0 Å². The minimum absolute atomic E-state index is 0.0525. The molecule has 3 unspecified atom stereocenters. The molecule has 0 aromatic rings. The molecule has 1 N–H and O–H groups in total. The van der Waals surface area contributed by atoms with Crippen molar-refractivity contribution in [2.75, 3.05) is 26.3 Å². The van der Waals surface area contributed by atoms with Crippen molar-refractivity contribution < 1.29 is 24.2 Å². The van der Waals surface area contributed by atoms with Gasteiger partial charge in [0.15, 0.2) is 0 Å². The number of ether oxygens (including phenoxy) is 1. The quantitative estimate of drug-likeness (QED) is 0.194. The van der Waals surface area contributed by atoms with Crippen molar-refractivity contribution >= 4 is 29.5 Å². The van der Waals surface area contributed by atoms with E-state index in [1.54, 1.807) is 28.8 Å². The van der Waals surface area contributed by atoms with Crippen molar-refractivity contribution in [3.8, 4) is 0 Å². The average Bonchev–Trinajstić information content (AvgIpc) is 3.45. The number of aliphatic hydroxyl groups is 1. The third-order valence-corrected chi connectivity index (χ3v) is 10.4. The molecule has 3 rings (SSSR count). The number of likely N-dealkylation sites (tertiary alicyclic amines) is 1. The van der Waals surface area contributed by atoms with Gasteiger partial charge in [-0.2, -0.15) is 0 Å². The van der Waals surface area contributed by atoms with E-state index in [0.717, 1.165) is 25.7 Å². The Kier molecular flexibility index (Phi) is 10.3. The summed E-state index contributed by atoms with van der Waals surface area (Å²) in [4.78, 5) is 45.5. The van der Waals surface area contributed by atoms with E-state index in [1.165, 1.54) is 0 Å². The maximum atomic E-state index is 14.4. The second kappa shape index (κ2) is 12.8. The number of esters is 1. The minimum Gasteiger partial charge on any atom is -0.465 e. The highest BCUT2D eigenvalue weighted by Gasteiger charge is 2.77. The van der Waals surface area contributed by atoms with Gasteiger partial charge in [-0.25, -0.2) is 0 Å². The fourth-order valence-electron chi connectivity index (χ4n) is 6.73. The lowest BCUT2D eigenvalue weighted by Crippen LogP contribution is -2.59. The topological polar surface area (TPSA) is 87.2 Å². The van der Waals surface area contributed by atoms with Crippen LogP contribution in [0, 0.1) is 23.7 Å². The Bertz CT molecular complexity index is 863. The molecule has 3 aliphatic rings. The van der Waals surface area contributed by atoms with E-state index in [-0.39, 0.29) is 48.1 Å². The van der Waals surface area contributed by atoms with Crippen molar-refractivity contribution in [3.63, 3.8) is 0 Å². The number of carbonyl (C=O) groups excluding carboxylic acids is 3. The molecule has 3 fully saturated rings. The zero-order valence-corrected chi connectivity index (χ0v) is 23.9. The molecule has 7 nitrogen and oxygen atoms in total. The largest absolute Gasteiger partial charge is 0.465 e. The van der Waals surface area contributed by atoms with Crippen molar-refractivity contribution in [3.05, 3.63) is 25.3 Å². The summed E-state index contributed by atoms with van der Waals surface area (Å²) in [6.07, 6.45) is 8.28. The summed E-state index contributed by atoms with van der Waals surface area (Å²) in [5.41, 5.74) is 0. The summed E-state index contributed by atoms with van der Waals surface area (Å²) in [5, 5.41) is 10.4. The molecule has 0 radical (unpaired) electrons. The van der Waals surface area contributed by atoms with Crippen molar-refractivity contribution in [2.45, 2.75) is 88.3 Å². The molecule has 0 aromatic heterocycles. The molecule has 208 valence electrons. The van der Waals surface area contributed by atoms with Crippen LogP contribution < -0.4 is 0 Å². The van der Waals surface area contributed by atoms with Gasteiger partial charge in [-0.15, -0.1) is 24.9 Å². The summed E-state index contributed by atoms with van der Waals surface area (Å²) in [5.74, 6) is -1.52. The van der Waals surface area contributed by atoms with E-state index in [0.29, 0.717) is 25.9 Å². The summed E-state index contributed by atoms with van der Waals surface area (Å²) in [7, 11) is 0. The van der Waals surface area contributed by atoms with E-state index in [9.17, 15) is 19.5 Å². The van der Waals surface area contributed by atoms with Crippen molar-refractivity contribution in [2.24, 2.45) is 23.7 Å². The standard InChI is InChI=1S/C29H46N2O5S/c1-7-10-12-14-30(13-9-3)27(34)25-29-20(6)17-22(37-29)23(28(35)36-15-11-8-2)24(29)26(33)31(25)21(18-32)16-19(4)5/h8-9,19-25,32H,2-3,7,10-18H2,1,4-6H3/t20?,21-,22+,23-,24+,25?,29?/m1/s1. The molecule has 7 atom stereocenters. The van der Waals surface area contributed by atoms with E-state index in [4.69, 9.17) is 4.74 Å². The zero-order chi connectivity index (χ0) is 27.3. The number of hydrogen-bond donors (Lipinski definition) is 1. The lowest BCUT2D eigenvalue weighted by atomic mass is 9.66. The lowest BCUT2D eigenvalue weighted by Gasteiger charge is -2.42. The van der Waals surface area contributed by atoms with Gasteiger partial charge in [0.1, 0.15) is 6.04 Å². The number of thioether (sulfide) groups is 1. The van der Waals surface area contributed by atoms with E-state index in [2.05, 4.69) is 40.9 Å². The van der Waals surface area contributed by atoms with Crippen LogP contribution >= 0.6 is 11.8 Å². The Balaban J connectivity index is 2.06. The summed E-state index contributed by atoms with van der Waals surface area (Å²) < 4.78 is 4.88. The fourth-order valence-corrected chi connectivity index (χ4v) is 9.12. The van der Waals surface area contributed by atoms with Gasteiger partial charge >= 0.3 is 5.97 Å². The van der Waals surface area contributed by atoms with Crippen LogP contribution in [0.3, 0.4) is 0 Å². The Morgan fingerprint density at radius 1 is 1.30 bits per heavy atom. The van der Waals surface area contributed by atoms with E-state index >= 15 is 0 Å². The third-order valence-electron chi connectivity index (χ3n) is 8.30. The summed E-state index contributed by atoms with van der Waals surface area (Å²) >= 11 is 1.65. The van der Waals surface area contributed by atoms with Gasteiger partial charge in [0.05, 0.1) is 35.8 Å². The Morgan fingerprint density at radius 3 is 2.62 bits per heavy atom. The first-order valence-electron chi connectivity index (χ1n) is 14.0. The van der Waals surface area contributed by atoms with Gasteiger partial charge < -0.3 is 19.6 Å². The highest BCUT2D eigenvalue weighted by atomic mass is 32.2. The van der Waals surface area contributed by atoms with Crippen LogP contribution in [0.25, 0.3) is 0 Å². The highest BCUT2D eigenvalue weighted by molar-refractivity contribution is 8.02. The SMILES string of the molecule is C=CCCOC(=O)[C@@H]1[C@@H]2CC(C)C3(S2)C(C(=O)N(CC=C)CCCCC)N([C@@H](CO)CC(C)C)C(=O)[C@H]13. The first-order valence-corrected chi connectivity index (χ1v) is 14.8. The van der Waals surface area contributed by atoms with Gasteiger partial charge in [0.2, 0.25) is 11.8 Å². The molecule has 2 bridgehead atoms. The van der Waals surface area contributed by atoms with Crippen LogP contribution in [0.15, 0.2) is 25.3 Å². The Labute approximate surface area is 227 Å². The van der Waals surface area contributed by atoms with Gasteiger partial charge in [0, 0.05) is 18.3 Å². The zero-order valence-electron chi connectivity index (χ0n) is 23.1. The number of aliphatic hydroxyl groups excluding tert-OH is 1. The second-order valence-corrected chi connectivity index (χ2v) is 12.8. The van der Waals surface area contributed by atoms with Crippen molar-refractivity contribution in [1.29, 1.82) is 0 Å². The molecule has 37 heavy (non-hydrogen) atoms. The molecule has 2 amide bonds. The molecule has 3 saturated heterocycles. The number of fused-ring (bicyclic) bond motifs is 1. The maximum Gasteiger partial charge on any atom is 0.310 e. The van der Waals surface area contributed by atoms with E-state index in [1.807, 2.05) is 4.90 Å². The van der Waals surface area contributed by atoms with Crippen LogP contribution in [0.5, 0.6) is 0 Å². The number of hydrogen-bond acceptors (Lipinski definition) is 6. The molecule has 3 aliphatic heterocycles. The normalized spacial score (nSPS) is 30.9. The predicted octanol–water partition coefficient (Wildman–Crippen LogP) is 4.05. The van der Waals surface area contributed by atoms with Crippen LogP contribution in [0.1, 0.15) is 66.2 Å². The van der Waals surface area contributed by atoms with Gasteiger partial charge in [-0.05, 0) is 37.5 Å². The van der Waals surface area contributed by atoms with Gasteiger partial charge in [-0.1, -0.05) is 52.7 Å². The van der Waals surface area contributed by atoms with Gasteiger partial charge in [-0.3, -0.25) is 14.4 Å². The molecule has 8 heteroatoms. The predicted molar refractivity (Wildman–Crippen MR) is 148 cm³/mol. The number of unbranched alkanes of at least 4 members (excludes halogenated alkanes) is 2. The number of rotatable bonds is 15. The van der Waals surface area contributed by atoms with Gasteiger partial charge in [0.25, 0.3) is 0 Å². The molecular weight excluding hydrogens is 488 g/mol. The summed E-state index contributed by atoms with van der Waals surface area (Å²) in [6, 6.07) is -1.20. The Hall–Kier alpha value is -1.80. The Morgan fingerprint density at radius 2 is 2.03 bits per heavy atom. The maximum absolute atomic E-state index is 14.4. The van der Waals surface area contributed by atoms with Crippen LogP contribution in [-0.2, 0) is 19.1 Å². The average molecular weight is 535 g/mol. The first-order chi connectivity index (χ1) is 17.7. The molecule has 3 heterocycles. The molecule has 0 aromatic carbocycles. The molecule has 0 saturated carbocycles. The molecule has 0 aliphatic carbocycles. The smallest absolute Gasteiger partial charge is 0.310 e. The number of nitrogens with zero attached hydrogens (tertiary/aromatic N) is 2. The monoisotopic (exact) mass is 534 g/mol. The fraction of sp³-hybridized carbons (Fsp3) is 0.759.